The first-order valence-corrected chi connectivity index (χ1v) is 8.44. The lowest BCUT2D eigenvalue weighted by atomic mass is 10.1. The highest BCUT2D eigenvalue weighted by Gasteiger charge is 2.16. The number of aromatic nitrogens is 2. The number of nitrogens with zero attached hydrogens (tertiary/aromatic N) is 3. The minimum absolute atomic E-state index is 0.414. The second kappa shape index (κ2) is 7.64. The Labute approximate surface area is 145 Å². The third-order valence-corrected chi connectivity index (χ3v) is 4.63. The van der Waals surface area contributed by atoms with Crippen LogP contribution in [-0.2, 0) is 17.8 Å². The Morgan fingerprint density at radius 3 is 2.65 bits per heavy atom. The third-order valence-electron chi connectivity index (χ3n) is 4.09. The van der Waals surface area contributed by atoms with E-state index in [2.05, 4.69) is 14.5 Å². The molecule has 1 aliphatic rings. The van der Waals surface area contributed by atoms with E-state index in [1.165, 1.54) is 0 Å². The van der Waals surface area contributed by atoms with E-state index in [0.29, 0.717) is 16.6 Å². The highest BCUT2D eigenvalue weighted by Crippen LogP contribution is 2.31. The number of imidazole rings is 1. The molecule has 3 rings (SSSR count). The number of benzene rings is 1. The number of halogens is 2. The van der Waals surface area contributed by atoms with E-state index in [-0.39, 0.29) is 0 Å². The lowest BCUT2D eigenvalue weighted by Crippen LogP contribution is -2.38. The number of rotatable bonds is 5. The van der Waals surface area contributed by atoms with Crippen LogP contribution in [0.2, 0.25) is 10.0 Å². The monoisotopic (exact) mass is 354 g/mol. The van der Waals surface area contributed by atoms with Crippen LogP contribution in [0.5, 0.6) is 0 Å². The second-order valence-corrected chi connectivity index (χ2v) is 6.36. The Kier molecular flexibility index (Phi) is 5.56. The van der Waals surface area contributed by atoms with Crippen LogP contribution in [0.25, 0.3) is 11.3 Å². The van der Waals surface area contributed by atoms with Crippen molar-refractivity contribution in [3.8, 4) is 11.3 Å². The van der Waals surface area contributed by atoms with E-state index in [4.69, 9.17) is 33.7 Å². The molecule has 124 valence electrons. The smallest absolute Gasteiger partial charge is 0.0956 e. The van der Waals surface area contributed by atoms with Crippen LogP contribution in [0.15, 0.2) is 24.5 Å². The molecule has 7 heteroatoms. The van der Waals surface area contributed by atoms with Crippen molar-refractivity contribution < 1.29 is 4.74 Å². The Hall–Kier alpha value is -1.11. The molecule has 1 aromatic heterocycles. The lowest BCUT2D eigenvalue weighted by molar-refractivity contribution is 0.0363. The van der Waals surface area contributed by atoms with Crippen molar-refractivity contribution in [3.05, 3.63) is 40.3 Å². The summed E-state index contributed by atoms with van der Waals surface area (Å²) in [4.78, 5) is 6.91. The van der Waals surface area contributed by atoms with Crippen LogP contribution in [0.4, 0.5) is 0 Å². The molecule has 2 heterocycles. The summed E-state index contributed by atoms with van der Waals surface area (Å²) in [6, 6.07) is 5.43. The first-order chi connectivity index (χ1) is 11.2. The maximum absolute atomic E-state index is 6.30. The van der Waals surface area contributed by atoms with Crippen molar-refractivity contribution >= 4 is 23.2 Å². The van der Waals surface area contributed by atoms with Crippen molar-refractivity contribution in [2.45, 2.75) is 13.1 Å². The molecule has 0 unspecified atom stereocenters. The molecule has 0 amide bonds. The van der Waals surface area contributed by atoms with E-state index in [9.17, 15) is 0 Å². The minimum Gasteiger partial charge on any atom is -0.379 e. The van der Waals surface area contributed by atoms with Crippen molar-refractivity contribution in [1.29, 1.82) is 0 Å². The van der Waals surface area contributed by atoms with Crippen molar-refractivity contribution in [2.24, 2.45) is 5.73 Å². The van der Waals surface area contributed by atoms with Gasteiger partial charge in [0.05, 0.1) is 36.0 Å². The number of nitrogens with two attached hydrogens (primary N) is 1. The normalized spacial score (nSPS) is 16.0. The quantitative estimate of drug-likeness (QED) is 0.896. The first-order valence-electron chi connectivity index (χ1n) is 7.68. The molecular formula is C16H20Cl2N4O. The van der Waals surface area contributed by atoms with Gasteiger partial charge in [-0.2, -0.15) is 0 Å². The van der Waals surface area contributed by atoms with Gasteiger partial charge in [-0.05, 0) is 18.2 Å². The predicted molar refractivity (Wildman–Crippen MR) is 92.8 cm³/mol. The van der Waals surface area contributed by atoms with Gasteiger partial charge in [-0.1, -0.05) is 23.2 Å². The van der Waals surface area contributed by atoms with Gasteiger partial charge in [0.15, 0.2) is 0 Å². The zero-order chi connectivity index (χ0) is 16.2. The SMILES string of the molecule is NCc1c(-c2ccc(Cl)cc2Cl)ncn1CCN1CCOCC1. The van der Waals surface area contributed by atoms with Gasteiger partial charge in [-0.25, -0.2) is 4.98 Å². The van der Waals surface area contributed by atoms with Gasteiger partial charge in [0.25, 0.3) is 0 Å². The standard InChI is InChI=1S/C16H20Cl2N4O/c17-12-1-2-13(14(18)9-12)16-15(10-19)22(11-20-16)4-3-21-5-7-23-8-6-21/h1-2,9,11H,3-8,10,19H2. The number of morpholine rings is 1. The average molecular weight is 355 g/mol. The minimum atomic E-state index is 0.414. The van der Waals surface area contributed by atoms with E-state index in [1.807, 2.05) is 18.5 Å². The van der Waals surface area contributed by atoms with Gasteiger partial charge < -0.3 is 15.0 Å². The molecule has 1 aromatic carbocycles. The lowest BCUT2D eigenvalue weighted by Gasteiger charge is -2.26. The van der Waals surface area contributed by atoms with Crippen LogP contribution in [-0.4, -0.2) is 47.3 Å². The highest BCUT2D eigenvalue weighted by molar-refractivity contribution is 6.36. The largest absolute Gasteiger partial charge is 0.379 e. The molecule has 0 radical (unpaired) electrons. The number of ether oxygens (including phenoxy) is 1. The zero-order valence-electron chi connectivity index (χ0n) is 12.8. The van der Waals surface area contributed by atoms with Gasteiger partial charge in [-0.15, -0.1) is 0 Å². The first kappa shape index (κ1) is 16.7. The summed E-state index contributed by atoms with van der Waals surface area (Å²) in [5.74, 6) is 0. The van der Waals surface area contributed by atoms with E-state index >= 15 is 0 Å². The number of hydrogen-bond donors (Lipinski definition) is 1. The Morgan fingerprint density at radius 1 is 1.17 bits per heavy atom. The van der Waals surface area contributed by atoms with E-state index < -0.39 is 0 Å². The molecule has 1 saturated heterocycles. The zero-order valence-corrected chi connectivity index (χ0v) is 14.4. The number of hydrogen-bond acceptors (Lipinski definition) is 4. The highest BCUT2D eigenvalue weighted by atomic mass is 35.5. The fraction of sp³-hybridized carbons (Fsp3) is 0.438. The summed E-state index contributed by atoms with van der Waals surface area (Å²) >= 11 is 12.3. The van der Waals surface area contributed by atoms with Crippen LogP contribution in [0.1, 0.15) is 5.69 Å². The summed E-state index contributed by atoms with van der Waals surface area (Å²) < 4.78 is 7.48. The maximum atomic E-state index is 6.30. The molecule has 2 N–H and O–H groups in total. The maximum Gasteiger partial charge on any atom is 0.0956 e. The summed E-state index contributed by atoms with van der Waals surface area (Å²) in [5.41, 5.74) is 8.64. The van der Waals surface area contributed by atoms with Gasteiger partial charge in [0.2, 0.25) is 0 Å². The molecule has 0 aliphatic carbocycles. The molecule has 1 fully saturated rings. The third kappa shape index (κ3) is 3.87. The van der Waals surface area contributed by atoms with Gasteiger partial charge in [0.1, 0.15) is 0 Å². The summed E-state index contributed by atoms with van der Waals surface area (Å²) in [6.45, 7) is 5.78. The molecule has 1 aliphatic heterocycles. The van der Waals surface area contributed by atoms with Gasteiger partial charge in [0, 0.05) is 43.3 Å². The van der Waals surface area contributed by atoms with Crippen molar-refractivity contribution in [1.82, 2.24) is 14.5 Å². The molecule has 5 nitrogen and oxygen atoms in total. The Morgan fingerprint density at radius 2 is 1.96 bits per heavy atom. The van der Waals surface area contributed by atoms with Crippen molar-refractivity contribution in [2.75, 3.05) is 32.8 Å². The second-order valence-electron chi connectivity index (χ2n) is 5.52. The molecule has 0 spiro atoms. The summed E-state index contributed by atoms with van der Waals surface area (Å²) in [6.07, 6.45) is 1.84. The summed E-state index contributed by atoms with van der Waals surface area (Å²) in [5, 5.41) is 1.20. The van der Waals surface area contributed by atoms with Crippen LogP contribution in [0, 0.1) is 0 Å². The van der Waals surface area contributed by atoms with Gasteiger partial charge >= 0.3 is 0 Å². The summed E-state index contributed by atoms with van der Waals surface area (Å²) in [7, 11) is 0. The fourth-order valence-electron chi connectivity index (χ4n) is 2.79. The van der Waals surface area contributed by atoms with Gasteiger partial charge in [-0.3, -0.25) is 4.90 Å². The van der Waals surface area contributed by atoms with Crippen LogP contribution < -0.4 is 5.73 Å². The van der Waals surface area contributed by atoms with E-state index in [0.717, 1.165) is 56.3 Å². The molecule has 0 bridgehead atoms. The predicted octanol–water partition coefficient (Wildman–Crippen LogP) is 2.65. The van der Waals surface area contributed by atoms with Crippen LogP contribution >= 0.6 is 23.2 Å². The fourth-order valence-corrected chi connectivity index (χ4v) is 3.29. The topological polar surface area (TPSA) is 56.3 Å². The van der Waals surface area contributed by atoms with Crippen molar-refractivity contribution in [3.63, 3.8) is 0 Å². The van der Waals surface area contributed by atoms with Crippen LogP contribution in [0.3, 0.4) is 0 Å². The molecule has 0 saturated carbocycles. The average Bonchev–Trinajstić information content (AvgIpc) is 2.96. The van der Waals surface area contributed by atoms with E-state index in [1.54, 1.807) is 6.07 Å². The Balaban J connectivity index is 1.79. The molecule has 0 atom stereocenters. The molecular weight excluding hydrogens is 335 g/mol. The molecule has 23 heavy (non-hydrogen) atoms. The Bertz CT molecular complexity index is 668. The molecule has 2 aromatic rings.